The zero-order valence-corrected chi connectivity index (χ0v) is 9.18. The smallest absolute Gasteiger partial charge is 0.268 e. The minimum Gasteiger partial charge on any atom is -0.393 e. The number of nitrogens with two attached hydrogens (primary N) is 2. The molecule has 5 nitrogen and oxygen atoms in total. The van der Waals surface area contributed by atoms with E-state index >= 15 is 0 Å². The number of carbonyl (C=O) groups is 1. The maximum Gasteiger partial charge on any atom is 0.268 e. The van der Waals surface area contributed by atoms with E-state index in [-0.39, 0.29) is 11.6 Å². The normalized spacial score (nSPS) is 11.0. The molecule has 0 unspecified atom stereocenters. The van der Waals surface area contributed by atoms with Crippen molar-refractivity contribution in [1.82, 2.24) is 10.3 Å². The van der Waals surface area contributed by atoms with Crippen LogP contribution >= 0.6 is 0 Å². The Balaban J connectivity index is 2.60. The Labute approximate surface area is 94.7 Å². The van der Waals surface area contributed by atoms with E-state index in [1.165, 1.54) is 18.3 Å². The first-order valence-corrected chi connectivity index (χ1v) is 4.88. The van der Waals surface area contributed by atoms with Crippen LogP contribution in [0, 0.1) is 0 Å². The van der Waals surface area contributed by atoms with Crippen molar-refractivity contribution in [3.05, 3.63) is 47.8 Å². The number of nitrogens with zero attached hydrogens (tertiary/aromatic N) is 1. The molecule has 0 radical (unpaired) electrons. The van der Waals surface area contributed by atoms with E-state index in [4.69, 9.17) is 11.6 Å². The van der Waals surface area contributed by atoms with Gasteiger partial charge in [-0.15, -0.1) is 0 Å². The van der Waals surface area contributed by atoms with Crippen LogP contribution in [0.15, 0.2) is 42.2 Å². The Bertz CT molecular complexity index is 375. The third-order valence-corrected chi connectivity index (χ3v) is 2.00. The average Bonchev–Trinajstić information content (AvgIpc) is 2.29. The topological polar surface area (TPSA) is 84.4 Å². The quantitative estimate of drug-likeness (QED) is 0.376. The van der Waals surface area contributed by atoms with Crippen LogP contribution in [-0.4, -0.2) is 18.0 Å². The largest absolute Gasteiger partial charge is 0.393 e. The summed E-state index contributed by atoms with van der Waals surface area (Å²) in [6.07, 6.45) is 1.41. The molecule has 1 rings (SSSR count). The molecule has 86 valence electrons. The zero-order chi connectivity index (χ0) is 12.0. The molecule has 0 spiro atoms. The molecule has 0 heterocycles. The van der Waals surface area contributed by atoms with Crippen LogP contribution in [0.4, 0.5) is 0 Å². The van der Waals surface area contributed by atoms with E-state index in [1.54, 1.807) is 0 Å². The number of hydrogen-bond donors (Lipinski definition) is 3. The van der Waals surface area contributed by atoms with E-state index in [1.807, 2.05) is 30.3 Å². The number of hydrazine groups is 1. The number of hydrogen-bond acceptors (Lipinski definition) is 4. The fourth-order valence-electron chi connectivity index (χ4n) is 1.22. The van der Waals surface area contributed by atoms with Gasteiger partial charge < -0.3 is 16.1 Å². The SMILES string of the molecule is CNC(=O)/C(N)=C/N(N)Cc1ccccc1. The standard InChI is InChI=1S/C11H16N4O/c1-14-11(16)10(12)8-15(13)7-9-5-3-2-4-6-9/h2-6,8H,7,12-13H2,1H3,(H,14,16)/b10-8-. The van der Waals surface area contributed by atoms with Crippen molar-refractivity contribution in [2.75, 3.05) is 7.05 Å². The fraction of sp³-hybridized carbons (Fsp3) is 0.182. The number of amides is 1. The molecule has 1 aromatic rings. The molecule has 1 aromatic carbocycles. The van der Waals surface area contributed by atoms with Crippen molar-refractivity contribution < 1.29 is 4.79 Å². The van der Waals surface area contributed by atoms with Crippen molar-refractivity contribution in [1.29, 1.82) is 0 Å². The molecule has 0 fully saturated rings. The third-order valence-electron chi connectivity index (χ3n) is 2.00. The van der Waals surface area contributed by atoms with Gasteiger partial charge in [-0.1, -0.05) is 30.3 Å². The molecule has 0 bridgehead atoms. The summed E-state index contributed by atoms with van der Waals surface area (Å²) in [6.45, 7) is 0.499. The van der Waals surface area contributed by atoms with Gasteiger partial charge in [0.1, 0.15) is 5.70 Å². The average molecular weight is 220 g/mol. The van der Waals surface area contributed by atoms with Crippen molar-refractivity contribution in [3.63, 3.8) is 0 Å². The molecule has 5 N–H and O–H groups in total. The molecule has 0 saturated heterocycles. The highest BCUT2D eigenvalue weighted by atomic mass is 16.1. The first-order chi connectivity index (χ1) is 7.63. The summed E-state index contributed by atoms with van der Waals surface area (Å²) >= 11 is 0. The van der Waals surface area contributed by atoms with Gasteiger partial charge in [0, 0.05) is 13.2 Å². The van der Waals surface area contributed by atoms with Crippen molar-refractivity contribution in [3.8, 4) is 0 Å². The van der Waals surface area contributed by atoms with E-state index in [0.717, 1.165) is 5.56 Å². The third kappa shape index (κ3) is 3.62. The highest BCUT2D eigenvalue weighted by molar-refractivity contribution is 5.91. The van der Waals surface area contributed by atoms with Crippen molar-refractivity contribution >= 4 is 5.91 Å². The lowest BCUT2D eigenvalue weighted by molar-refractivity contribution is -0.117. The Hall–Kier alpha value is -2.01. The predicted molar refractivity (Wildman–Crippen MR) is 62.5 cm³/mol. The number of carbonyl (C=O) groups excluding carboxylic acids is 1. The molecule has 0 aliphatic rings. The second-order valence-electron chi connectivity index (χ2n) is 3.32. The van der Waals surface area contributed by atoms with E-state index in [0.29, 0.717) is 6.54 Å². The minimum atomic E-state index is -0.344. The summed E-state index contributed by atoms with van der Waals surface area (Å²) < 4.78 is 0. The molecule has 5 heteroatoms. The highest BCUT2D eigenvalue weighted by Crippen LogP contribution is 2.01. The van der Waals surface area contributed by atoms with Gasteiger partial charge in [-0.05, 0) is 5.56 Å². The number of likely N-dealkylation sites (N-methyl/N-ethyl adjacent to an activating group) is 1. The summed E-state index contributed by atoms with van der Waals surface area (Å²) in [5.41, 5.74) is 6.64. The van der Waals surface area contributed by atoms with Crippen LogP contribution in [0.25, 0.3) is 0 Å². The number of rotatable bonds is 4. The maximum atomic E-state index is 11.1. The zero-order valence-electron chi connectivity index (χ0n) is 9.18. The van der Waals surface area contributed by atoms with Crippen LogP contribution in [0.3, 0.4) is 0 Å². The Morgan fingerprint density at radius 3 is 2.62 bits per heavy atom. The number of nitrogens with one attached hydrogen (secondary N) is 1. The van der Waals surface area contributed by atoms with Crippen LogP contribution in [0.1, 0.15) is 5.56 Å². The van der Waals surface area contributed by atoms with Crippen molar-refractivity contribution in [2.24, 2.45) is 11.6 Å². The van der Waals surface area contributed by atoms with Crippen LogP contribution in [-0.2, 0) is 11.3 Å². The number of benzene rings is 1. The molecule has 0 aliphatic carbocycles. The van der Waals surface area contributed by atoms with Crippen molar-refractivity contribution in [2.45, 2.75) is 6.54 Å². The van der Waals surface area contributed by atoms with Gasteiger partial charge in [-0.3, -0.25) is 4.79 Å². The Kier molecular flexibility index (Phi) is 4.35. The van der Waals surface area contributed by atoms with E-state index < -0.39 is 0 Å². The van der Waals surface area contributed by atoms with Gasteiger partial charge in [-0.2, -0.15) is 0 Å². The summed E-state index contributed by atoms with van der Waals surface area (Å²) in [7, 11) is 1.51. The van der Waals surface area contributed by atoms with Gasteiger partial charge in [-0.25, -0.2) is 5.84 Å². The second kappa shape index (κ2) is 5.77. The molecule has 16 heavy (non-hydrogen) atoms. The summed E-state index contributed by atoms with van der Waals surface area (Å²) in [6, 6.07) is 9.68. The van der Waals surface area contributed by atoms with Crippen LogP contribution < -0.4 is 16.9 Å². The lowest BCUT2D eigenvalue weighted by Gasteiger charge is -2.14. The second-order valence-corrected chi connectivity index (χ2v) is 3.32. The molecular weight excluding hydrogens is 204 g/mol. The molecule has 1 amide bonds. The minimum absolute atomic E-state index is 0.0842. The van der Waals surface area contributed by atoms with E-state index in [2.05, 4.69) is 5.32 Å². The maximum absolute atomic E-state index is 11.1. The van der Waals surface area contributed by atoms with Gasteiger partial charge in [0.25, 0.3) is 5.91 Å². The Morgan fingerprint density at radius 1 is 1.44 bits per heavy atom. The summed E-state index contributed by atoms with van der Waals surface area (Å²) in [5, 5.41) is 3.79. The molecular formula is C11H16N4O. The first-order valence-electron chi connectivity index (χ1n) is 4.88. The molecule has 0 atom stereocenters. The predicted octanol–water partition coefficient (Wildman–Crippen LogP) is -0.0916. The van der Waals surface area contributed by atoms with Crippen LogP contribution in [0.5, 0.6) is 0 Å². The first kappa shape index (κ1) is 12.1. The molecule has 0 aliphatic heterocycles. The van der Waals surface area contributed by atoms with Gasteiger partial charge in [0.2, 0.25) is 0 Å². The van der Waals surface area contributed by atoms with E-state index in [9.17, 15) is 4.79 Å². The lowest BCUT2D eigenvalue weighted by atomic mass is 10.2. The van der Waals surface area contributed by atoms with Gasteiger partial charge >= 0.3 is 0 Å². The Morgan fingerprint density at radius 2 is 2.06 bits per heavy atom. The highest BCUT2D eigenvalue weighted by Gasteiger charge is 2.03. The summed E-state index contributed by atoms with van der Waals surface area (Å²) in [4.78, 5) is 11.1. The fourth-order valence-corrected chi connectivity index (χ4v) is 1.22. The molecule has 0 saturated carbocycles. The van der Waals surface area contributed by atoms with Gasteiger partial charge in [0.05, 0.1) is 6.54 Å². The summed E-state index contributed by atoms with van der Waals surface area (Å²) in [5.74, 6) is 5.35. The molecule has 0 aromatic heterocycles. The van der Waals surface area contributed by atoms with Crippen LogP contribution in [0.2, 0.25) is 0 Å². The lowest BCUT2D eigenvalue weighted by Crippen LogP contribution is -2.31. The van der Waals surface area contributed by atoms with Gasteiger partial charge in [0.15, 0.2) is 0 Å². The monoisotopic (exact) mass is 220 g/mol.